The van der Waals surface area contributed by atoms with Gasteiger partial charge in [0, 0.05) is 36.0 Å². The third-order valence-corrected chi connectivity index (χ3v) is 5.83. The fourth-order valence-corrected chi connectivity index (χ4v) is 4.29. The van der Waals surface area contributed by atoms with Crippen LogP contribution < -0.4 is 16.0 Å². The van der Waals surface area contributed by atoms with Crippen molar-refractivity contribution in [2.24, 2.45) is 5.92 Å². The molecule has 0 aromatic heterocycles. The number of hydrogen-bond acceptors (Lipinski definition) is 4. The maximum absolute atomic E-state index is 12.5. The minimum absolute atomic E-state index is 0.0422. The minimum atomic E-state index is -0.191. The number of piperidine rings is 1. The second kappa shape index (κ2) is 8.67. The van der Waals surface area contributed by atoms with Crippen LogP contribution in [0.15, 0.2) is 41.5 Å². The van der Waals surface area contributed by atoms with Gasteiger partial charge in [-0.3, -0.25) is 9.59 Å². The molecule has 3 rings (SSSR count). The van der Waals surface area contributed by atoms with E-state index in [4.69, 9.17) is 0 Å². The van der Waals surface area contributed by atoms with Crippen molar-refractivity contribution >= 4 is 11.8 Å². The van der Waals surface area contributed by atoms with Gasteiger partial charge in [0.1, 0.15) is 0 Å². The predicted molar refractivity (Wildman–Crippen MR) is 104 cm³/mol. The van der Waals surface area contributed by atoms with Gasteiger partial charge in [-0.15, -0.1) is 0 Å². The fraction of sp³-hybridized carbons (Fsp3) is 0.524. The Bertz CT molecular complexity index is 717. The molecule has 4 atom stereocenters. The van der Waals surface area contributed by atoms with E-state index in [9.17, 15) is 14.7 Å². The highest BCUT2D eigenvalue weighted by Crippen LogP contribution is 2.32. The maximum Gasteiger partial charge on any atom is 0.247 e. The number of rotatable bonds is 6. The van der Waals surface area contributed by atoms with E-state index in [1.165, 1.54) is 0 Å². The topological polar surface area (TPSA) is 90.5 Å². The highest BCUT2D eigenvalue weighted by molar-refractivity contribution is 6.00. The molecule has 0 spiro atoms. The number of carbonyl (C=O) groups excluding carboxylic acids is 2. The molecular weight excluding hydrogens is 342 g/mol. The van der Waals surface area contributed by atoms with Crippen molar-refractivity contribution in [3.8, 4) is 0 Å². The van der Waals surface area contributed by atoms with E-state index in [0.717, 1.165) is 24.1 Å². The molecule has 0 radical (unpaired) electrons. The van der Waals surface area contributed by atoms with Crippen LogP contribution in [0, 0.1) is 5.92 Å². The molecule has 1 aromatic rings. The number of amides is 2. The molecule has 2 amide bonds. The summed E-state index contributed by atoms with van der Waals surface area (Å²) < 4.78 is 0. The zero-order valence-electron chi connectivity index (χ0n) is 16.0. The first-order chi connectivity index (χ1) is 13.0. The van der Waals surface area contributed by atoms with E-state index >= 15 is 0 Å². The smallest absolute Gasteiger partial charge is 0.247 e. The molecule has 0 saturated carbocycles. The SMILES string of the molecule is CC1=C(CC(=O)NC[C@@H](CO)c2ccccc2)C(=O)NC2CCNC(C)C12. The highest BCUT2D eigenvalue weighted by atomic mass is 16.3. The van der Waals surface area contributed by atoms with Crippen LogP contribution in [0.25, 0.3) is 0 Å². The first kappa shape index (κ1) is 19.6. The van der Waals surface area contributed by atoms with Crippen molar-refractivity contribution < 1.29 is 14.7 Å². The van der Waals surface area contributed by atoms with E-state index in [1.54, 1.807) is 0 Å². The largest absolute Gasteiger partial charge is 0.396 e. The minimum Gasteiger partial charge on any atom is -0.396 e. The Balaban J connectivity index is 1.64. The number of aliphatic hydroxyl groups is 1. The Morgan fingerprint density at radius 2 is 2.07 bits per heavy atom. The lowest BCUT2D eigenvalue weighted by Crippen LogP contribution is -2.57. The molecule has 27 heavy (non-hydrogen) atoms. The molecule has 0 aliphatic carbocycles. The molecule has 3 unspecified atom stereocenters. The number of aliphatic hydroxyl groups excluding tert-OH is 1. The van der Waals surface area contributed by atoms with Crippen molar-refractivity contribution in [2.75, 3.05) is 19.7 Å². The van der Waals surface area contributed by atoms with Crippen LogP contribution in [0.1, 0.15) is 38.2 Å². The van der Waals surface area contributed by atoms with Gasteiger partial charge in [-0.25, -0.2) is 0 Å². The normalized spacial score (nSPS) is 26.2. The Morgan fingerprint density at radius 1 is 1.33 bits per heavy atom. The summed E-state index contributed by atoms with van der Waals surface area (Å²) in [7, 11) is 0. The maximum atomic E-state index is 12.5. The number of fused-ring (bicyclic) bond motifs is 1. The van der Waals surface area contributed by atoms with E-state index < -0.39 is 0 Å². The monoisotopic (exact) mass is 371 g/mol. The summed E-state index contributed by atoms with van der Waals surface area (Å²) in [5.74, 6) is -0.241. The van der Waals surface area contributed by atoms with E-state index in [1.807, 2.05) is 37.3 Å². The van der Waals surface area contributed by atoms with Gasteiger partial charge in [0.25, 0.3) is 0 Å². The number of benzene rings is 1. The van der Waals surface area contributed by atoms with E-state index in [-0.39, 0.29) is 48.8 Å². The molecule has 2 aliphatic heterocycles. The first-order valence-corrected chi connectivity index (χ1v) is 9.67. The van der Waals surface area contributed by atoms with Crippen LogP contribution in [0.2, 0.25) is 0 Å². The molecule has 2 heterocycles. The summed E-state index contributed by atoms with van der Waals surface area (Å²) >= 11 is 0. The van der Waals surface area contributed by atoms with Gasteiger partial charge in [-0.2, -0.15) is 0 Å². The third-order valence-electron chi connectivity index (χ3n) is 5.83. The van der Waals surface area contributed by atoms with Crippen LogP contribution in [0.4, 0.5) is 0 Å². The molecule has 2 aliphatic rings. The average Bonchev–Trinajstić information content (AvgIpc) is 2.66. The highest BCUT2D eigenvalue weighted by Gasteiger charge is 2.39. The van der Waals surface area contributed by atoms with Crippen molar-refractivity contribution in [2.45, 2.75) is 44.7 Å². The number of nitrogens with one attached hydrogen (secondary N) is 3. The molecular formula is C21H29N3O3. The van der Waals surface area contributed by atoms with Gasteiger partial charge in [-0.1, -0.05) is 35.9 Å². The van der Waals surface area contributed by atoms with Gasteiger partial charge < -0.3 is 21.1 Å². The lowest BCUT2D eigenvalue weighted by atomic mass is 9.76. The zero-order chi connectivity index (χ0) is 19.4. The number of hydrogen-bond donors (Lipinski definition) is 4. The van der Waals surface area contributed by atoms with Crippen LogP contribution in [-0.2, 0) is 9.59 Å². The third kappa shape index (κ3) is 4.39. The Kier molecular flexibility index (Phi) is 6.29. The lowest BCUT2D eigenvalue weighted by molar-refractivity contribution is -0.124. The van der Waals surface area contributed by atoms with E-state index in [2.05, 4.69) is 22.9 Å². The lowest BCUT2D eigenvalue weighted by Gasteiger charge is -2.42. The summed E-state index contributed by atoms with van der Waals surface area (Å²) in [5, 5.41) is 19.0. The molecule has 4 N–H and O–H groups in total. The predicted octanol–water partition coefficient (Wildman–Crippen LogP) is 1.08. The molecule has 146 valence electrons. The van der Waals surface area contributed by atoms with Crippen molar-refractivity contribution in [3.05, 3.63) is 47.0 Å². The van der Waals surface area contributed by atoms with Gasteiger partial charge in [-0.05, 0) is 32.4 Å². The number of carbonyl (C=O) groups is 2. The summed E-state index contributed by atoms with van der Waals surface area (Å²) in [4.78, 5) is 25.0. The van der Waals surface area contributed by atoms with Crippen LogP contribution in [-0.4, -0.2) is 48.7 Å². The van der Waals surface area contributed by atoms with Gasteiger partial charge >= 0.3 is 0 Å². The second-order valence-electron chi connectivity index (χ2n) is 7.57. The van der Waals surface area contributed by atoms with Crippen LogP contribution >= 0.6 is 0 Å². The van der Waals surface area contributed by atoms with Crippen molar-refractivity contribution in [3.63, 3.8) is 0 Å². The molecule has 6 heteroatoms. The zero-order valence-corrected chi connectivity index (χ0v) is 16.0. The average molecular weight is 371 g/mol. The van der Waals surface area contributed by atoms with Gasteiger partial charge in [0.05, 0.1) is 13.0 Å². The molecule has 1 saturated heterocycles. The Hall–Kier alpha value is -2.18. The standard InChI is InChI=1S/C21H29N3O3/c1-13-17(21(27)24-18-8-9-22-14(2)20(13)18)10-19(26)23-11-16(12-25)15-6-4-3-5-7-15/h3-7,14,16,18,20,22,25H,8-12H2,1-2H3,(H,23,26)(H,24,27)/t14?,16-,18?,20?/m0/s1. The fourth-order valence-electron chi connectivity index (χ4n) is 4.29. The first-order valence-electron chi connectivity index (χ1n) is 9.67. The summed E-state index contributed by atoms with van der Waals surface area (Å²) in [6.45, 7) is 5.30. The summed E-state index contributed by atoms with van der Waals surface area (Å²) in [6.07, 6.45) is 0.980. The van der Waals surface area contributed by atoms with Crippen LogP contribution in [0.3, 0.4) is 0 Å². The molecule has 6 nitrogen and oxygen atoms in total. The quantitative estimate of drug-likeness (QED) is 0.602. The molecule has 1 fully saturated rings. The molecule has 1 aromatic carbocycles. The summed E-state index contributed by atoms with van der Waals surface area (Å²) in [6, 6.07) is 10.0. The van der Waals surface area contributed by atoms with Crippen molar-refractivity contribution in [1.82, 2.24) is 16.0 Å². The van der Waals surface area contributed by atoms with E-state index in [0.29, 0.717) is 12.1 Å². The second-order valence-corrected chi connectivity index (χ2v) is 7.57. The summed E-state index contributed by atoms with van der Waals surface area (Å²) in [5.41, 5.74) is 2.57. The van der Waals surface area contributed by atoms with Crippen LogP contribution in [0.5, 0.6) is 0 Å². The molecule has 0 bridgehead atoms. The Morgan fingerprint density at radius 3 is 2.78 bits per heavy atom. The van der Waals surface area contributed by atoms with Gasteiger partial charge in [0.2, 0.25) is 11.8 Å². The van der Waals surface area contributed by atoms with Crippen molar-refractivity contribution in [1.29, 1.82) is 0 Å². The van der Waals surface area contributed by atoms with Gasteiger partial charge in [0.15, 0.2) is 0 Å². The Labute approximate surface area is 160 Å².